The molecular weight excluding hydrogens is 204 g/mol. The standard InChI is InChI=1S/C12H22N2O2/c1-12(2,3)16-11(15)14-7-8-4-5-10(14)9(13)6-8/h8-10H,4-7,13H2,1-3H3/t8-,9-,10+/m0/s1. The van der Waals surface area contributed by atoms with Gasteiger partial charge in [0.1, 0.15) is 5.60 Å². The van der Waals surface area contributed by atoms with Gasteiger partial charge < -0.3 is 15.4 Å². The van der Waals surface area contributed by atoms with Gasteiger partial charge in [0, 0.05) is 12.6 Å². The maximum atomic E-state index is 12.0. The molecule has 0 spiro atoms. The summed E-state index contributed by atoms with van der Waals surface area (Å²) in [6.45, 7) is 6.51. The van der Waals surface area contributed by atoms with Crippen LogP contribution in [0.2, 0.25) is 0 Å². The number of hydrogen-bond acceptors (Lipinski definition) is 3. The second kappa shape index (κ2) is 3.91. The first-order valence-corrected chi connectivity index (χ1v) is 6.12. The van der Waals surface area contributed by atoms with Gasteiger partial charge in [-0.25, -0.2) is 4.79 Å². The second-order valence-electron chi connectivity index (χ2n) is 6.04. The summed E-state index contributed by atoms with van der Waals surface area (Å²) in [5.74, 6) is 0.576. The fourth-order valence-corrected chi connectivity index (χ4v) is 2.78. The predicted octanol–water partition coefficient (Wildman–Crippen LogP) is 1.73. The van der Waals surface area contributed by atoms with Crippen LogP contribution in [0.4, 0.5) is 4.79 Å². The molecule has 2 aliphatic heterocycles. The predicted molar refractivity (Wildman–Crippen MR) is 62.0 cm³/mol. The number of hydrogen-bond donors (Lipinski definition) is 1. The van der Waals surface area contributed by atoms with E-state index in [9.17, 15) is 4.79 Å². The summed E-state index contributed by atoms with van der Waals surface area (Å²) < 4.78 is 5.41. The lowest BCUT2D eigenvalue weighted by Gasteiger charge is -2.48. The van der Waals surface area contributed by atoms with E-state index in [1.54, 1.807) is 0 Å². The fraction of sp³-hybridized carbons (Fsp3) is 0.917. The van der Waals surface area contributed by atoms with Crippen LogP contribution in [0.3, 0.4) is 0 Å². The molecule has 4 nitrogen and oxygen atoms in total. The number of ether oxygens (including phenoxy) is 1. The van der Waals surface area contributed by atoms with E-state index < -0.39 is 5.60 Å². The van der Waals surface area contributed by atoms with Gasteiger partial charge in [-0.2, -0.15) is 0 Å². The number of nitrogens with two attached hydrogens (primary N) is 1. The van der Waals surface area contributed by atoms with Crippen LogP contribution < -0.4 is 5.73 Å². The van der Waals surface area contributed by atoms with Gasteiger partial charge in [0.2, 0.25) is 0 Å². The van der Waals surface area contributed by atoms with Crippen molar-refractivity contribution in [2.75, 3.05) is 6.54 Å². The summed E-state index contributed by atoms with van der Waals surface area (Å²) >= 11 is 0. The SMILES string of the molecule is CC(C)(C)OC(=O)N1C[C@H]2CC[C@@H]1[C@@H](N)C2. The molecule has 3 aliphatic rings. The third kappa shape index (κ3) is 2.32. The van der Waals surface area contributed by atoms with Crippen molar-refractivity contribution in [2.45, 2.75) is 57.7 Å². The van der Waals surface area contributed by atoms with Crippen LogP contribution in [-0.2, 0) is 4.74 Å². The summed E-state index contributed by atoms with van der Waals surface area (Å²) in [5, 5.41) is 0. The van der Waals surface area contributed by atoms with Gasteiger partial charge in [0.15, 0.2) is 0 Å². The highest BCUT2D eigenvalue weighted by Gasteiger charge is 2.42. The molecule has 0 unspecified atom stereocenters. The molecule has 2 N–H and O–H groups in total. The Hall–Kier alpha value is -0.770. The molecule has 1 aliphatic carbocycles. The minimum Gasteiger partial charge on any atom is -0.444 e. The molecule has 2 bridgehead atoms. The van der Waals surface area contributed by atoms with Gasteiger partial charge in [0.05, 0.1) is 6.04 Å². The monoisotopic (exact) mass is 226 g/mol. The fourth-order valence-electron chi connectivity index (χ4n) is 2.78. The molecule has 1 amide bonds. The van der Waals surface area contributed by atoms with Gasteiger partial charge in [-0.3, -0.25) is 0 Å². The van der Waals surface area contributed by atoms with Gasteiger partial charge in [-0.05, 0) is 46.0 Å². The first-order chi connectivity index (χ1) is 7.37. The lowest BCUT2D eigenvalue weighted by molar-refractivity contribution is -0.0181. The molecule has 0 radical (unpaired) electrons. The zero-order valence-corrected chi connectivity index (χ0v) is 10.4. The Morgan fingerprint density at radius 3 is 2.56 bits per heavy atom. The van der Waals surface area contributed by atoms with Crippen molar-refractivity contribution in [2.24, 2.45) is 11.7 Å². The quantitative estimate of drug-likeness (QED) is 0.684. The van der Waals surface area contributed by atoms with E-state index in [0.29, 0.717) is 5.92 Å². The molecular formula is C12H22N2O2. The third-order valence-electron chi connectivity index (χ3n) is 3.45. The molecule has 0 aromatic rings. The van der Waals surface area contributed by atoms with Gasteiger partial charge in [0.25, 0.3) is 0 Å². The van der Waals surface area contributed by atoms with E-state index in [-0.39, 0.29) is 18.2 Å². The minimum absolute atomic E-state index is 0.139. The number of piperidine rings is 2. The van der Waals surface area contributed by atoms with Crippen LogP contribution >= 0.6 is 0 Å². The largest absolute Gasteiger partial charge is 0.444 e. The highest BCUT2D eigenvalue weighted by molar-refractivity contribution is 5.69. The number of carbonyl (C=O) groups is 1. The zero-order chi connectivity index (χ0) is 11.9. The van der Waals surface area contributed by atoms with Crippen molar-refractivity contribution in [1.82, 2.24) is 4.90 Å². The number of nitrogens with zero attached hydrogens (tertiary/aromatic N) is 1. The number of fused-ring (bicyclic) bond motifs is 3. The van der Waals surface area contributed by atoms with Crippen molar-refractivity contribution >= 4 is 6.09 Å². The Morgan fingerprint density at radius 2 is 2.06 bits per heavy atom. The Labute approximate surface area is 97.1 Å². The van der Waals surface area contributed by atoms with E-state index in [0.717, 1.165) is 19.4 Å². The topological polar surface area (TPSA) is 55.6 Å². The van der Waals surface area contributed by atoms with Crippen molar-refractivity contribution in [1.29, 1.82) is 0 Å². The van der Waals surface area contributed by atoms with Crippen LogP contribution in [0.1, 0.15) is 40.0 Å². The number of carbonyl (C=O) groups excluding carboxylic acids is 1. The lowest BCUT2D eigenvalue weighted by Crippen LogP contribution is -2.61. The van der Waals surface area contributed by atoms with E-state index in [1.165, 1.54) is 6.42 Å². The first-order valence-electron chi connectivity index (χ1n) is 6.12. The van der Waals surface area contributed by atoms with Crippen molar-refractivity contribution in [3.05, 3.63) is 0 Å². The number of rotatable bonds is 0. The smallest absolute Gasteiger partial charge is 0.410 e. The van der Waals surface area contributed by atoms with Gasteiger partial charge in [-0.1, -0.05) is 0 Å². The Balaban J connectivity index is 2.02. The van der Waals surface area contributed by atoms with Crippen LogP contribution in [0.25, 0.3) is 0 Å². The molecule has 1 saturated carbocycles. The highest BCUT2D eigenvalue weighted by Crippen LogP contribution is 2.34. The summed E-state index contributed by atoms with van der Waals surface area (Å²) in [6.07, 6.45) is 3.10. The third-order valence-corrected chi connectivity index (χ3v) is 3.45. The molecule has 2 heterocycles. The van der Waals surface area contributed by atoms with E-state index in [1.807, 2.05) is 25.7 Å². The minimum atomic E-state index is -0.419. The van der Waals surface area contributed by atoms with E-state index in [4.69, 9.17) is 10.5 Å². The van der Waals surface area contributed by atoms with Gasteiger partial charge >= 0.3 is 6.09 Å². The average Bonchev–Trinajstić information content (AvgIpc) is 2.15. The second-order valence-corrected chi connectivity index (χ2v) is 6.04. The van der Waals surface area contributed by atoms with Crippen LogP contribution in [0.15, 0.2) is 0 Å². The maximum Gasteiger partial charge on any atom is 0.410 e. The van der Waals surface area contributed by atoms with Crippen LogP contribution in [0, 0.1) is 5.92 Å². The molecule has 16 heavy (non-hydrogen) atoms. The summed E-state index contributed by atoms with van der Waals surface area (Å²) in [4.78, 5) is 13.8. The number of amides is 1. The summed E-state index contributed by atoms with van der Waals surface area (Å²) in [6, 6.07) is 0.333. The molecule has 3 fully saturated rings. The Bertz CT molecular complexity index is 285. The molecule has 92 valence electrons. The lowest BCUT2D eigenvalue weighted by atomic mass is 9.77. The highest BCUT2D eigenvalue weighted by atomic mass is 16.6. The van der Waals surface area contributed by atoms with E-state index in [2.05, 4.69) is 0 Å². The Kier molecular flexibility index (Phi) is 2.86. The molecule has 0 aromatic carbocycles. The zero-order valence-electron chi connectivity index (χ0n) is 10.4. The molecule has 3 atom stereocenters. The van der Waals surface area contributed by atoms with Gasteiger partial charge in [-0.15, -0.1) is 0 Å². The van der Waals surface area contributed by atoms with Crippen LogP contribution in [-0.4, -0.2) is 35.2 Å². The van der Waals surface area contributed by atoms with Crippen molar-refractivity contribution < 1.29 is 9.53 Å². The van der Waals surface area contributed by atoms with Crippen molar-refractivity contribution in [3.63, 3.8) is 0 Å². The molecule has 4 heteroatoms. The molecule has 0 aromatic heterocycles. The first kappa shape index (κ1) is 11.7. The van der Waals surface area contributed by atoms with E-state index >= 15 is 0 Å². The normalized spacial score (nSPS) is 34.0. The molecule has 3 rings (SSSR count). The van der Waals surface area contributed by atoms with Crippen molar-refractivity contribution in [3.8, 4) is 0 Å². The summed E-state index contributed by atoms with van der Waals surface area (Å²) in [7, 11) is 0. The average molecular weight is 226 g/mol. The summed E-state index contributed by atoms with van der Waals surface area (Å²) in [5.41, 5.74) is 5.64. The van der Waals surface area contributed by atoms with Crippen LogP contribution in [0.5, 0.6) is 0 Å². The molecule has 2 saturated heterocycles. The maximum absolute atomic E-state index is 12.0. The Morgan fingerprint density at radius 1 is 1.38 bits per heavy atom.